The van der Waals surface area contributed by atoms with Crippen molar-refractivity contribution in [1.82, 2.24) is 4.72 Å². The summed E-state index contributed by atoms with van der Waals surface area (Å²) >= 11 is 0. The van der Waals surface area contributed by atoms with Crippen molar-refractivity contribution in [1.29, 1.82) is 0 Å². The Morgan fingerprint density at radius 1 is 1.47 bits per heavy atom. The molecule has 0 bridgehead atoms. The number of hydrogen-bond donors (Lipinski definition) is 2. The molecule has 0 spiro atoms. The smallest absolute Gasteiger partial charge is 0.244 e. The van der Waals surface area contributed by atoms with E-state index in [1.807, 2.05) is 0 Å². The number of halogens is 1. The molecule has 2 rings (SSSR count). The van der Waals surface area contributed by atoms with Crippen LogP contribution in [0.1, 0.15) is 19.8 Å². The molecule has 1 aromatic carbocycles. The first kappa shape index (κ1) is 14.2. The van der Waals surface area contributed by atoms with Crippen LogP contribution in [0.15, 0.2) is 23.1 Å². The standard InChI is InChI=1S/C12H17FN2O3S/c1-12(5-2-6-18-8-12)15-19(16,17)11-7-9(14)3-4-10(11)13/h3-4,7,15H,2,5-6,8,14H2,1H3. The van der Waals surface area contributed by atoms with Gasteiger partial charge in [-0.25, -0.2) is 17.5 Å². The molecule has 3 N–H and O–H groups in total. The Hall–Kier alpha value is -1.18. The van der Waals surface area contributed by atoms with Crippen LogP contribution >= 0.6 is 0 Å². The molecule has 0 radical (unpaired) electrons. The number of nitrogens with one attached hydrogen (secondary N) is 1. The van der Waals surface area contributed by atoms with Crippen LogP contribution in [0.25, 0.3) is 0 Å². The molecule has 1 atom stereocenters. The van der Waals surface area contributed by atoms with Gasteiger partial charge in [0.15, 0.2) is 0 Å². The average Bonchev–Trinajstić information content (AvgIpc) is 2.31. The average molecular weight is 288 g/mol. The molecule has 5 nitrogen and oxygen atoms in total. The molecule has 1 unspecified atom stereocenters. The third-order valence-electron chi connectivity index (χ3n) is 3.06. The van der Waals surface area contributed by atoms with Gasteiger partial charge in [-0.2, -0.15) is 0 Å². The Morgan fingerprint density at radius 3 is 2.84 bits per heavy atom. The Morgan fingerprint density at radius 2 is 2.21 bits per heavy atom. The van der Waals surface area contributed by atoms with Crippen LogP contribution in [-0.2, 0) is 14.8 Å². The Kier molecular flexibility index (Phi) is 3.80. The van der Waals surface area contributed by atoms with Crippen LogP contribution in [-0.4, -0.2) is 27.2 Å². The third kappa shape index (κ3) is 3.23. The second-order valence-electron chi connectivity index (χ2n) is 5.01. The second-order valence-corrected chi connectivity index (χ2v) is 6.66. The number of nitrogens with two attached hydrogens (primary N) is 1. The highest BCUT2D eigenvalue weighted by Crippen LogP contribution is 2.24. The van der Waals surface area contributed by atoms with Crippen LogP contribution in [0.3, 0.4) is 0 Å². The molecule has 0 aromatic heterocycles. The van der Waals surface area contributed by atoms with E-state index in [2.05, 4.69) is 4.72 Å². The van der Waals surface area contributed by atoms with Crippen molar-refractivity contribution in [3.05, 3.63) is 24.0 Å². The molecule has 1 fully saturated rings. The van der Waals surface area contributed by atoms with Crippen LogP contribution in [0.2, 0.25) is 0 Å². The van der Waals surface area contributed by atoms with Gasteiger partial charge in [0.1, 0.15) is 10.7 Å². The zero-order chi connectivity index (χ0) is 14.1. The number of anilines is 1. The van der Waals surface area contributed by atoms with E-state index < -0.39 is 26.3 Å². The van der Waals surface area contributed by atoms with E-state index in [-0.39, 0.29) is 12.3 Å². The van der Waals surface area contributed by atoms with Gasteiger partial charge in [-0.3, -0.25) is 0 Å². The molecule has 0 saturated carbocycles. The van der Waals surface area contributed by atoms with Crippen molar-refractivity contribution in [2.45, 2.75) is 30.2 Å². The zero-order valence-corrected chi connectivity index (χ0v) is 11.5. The van der Waals surface area contributed by atoms with E-state index in [1.165, 1.54) is 6.07 Å². The summed E-state index contributed by atoms with van der Waals surface area (Å²) in [5, 5.41) is 0. The summed E-state index contributed by atoms with van der Waals surface area (Å²) in [6.07, 6.45) is 1.41. The van der Waals surface area contributed by atoms with Gasteiger partial charge in [-0.15, -0.1) is 0 Å². The van der Waals surface area contributed by atoms with Crippen molar-refractivity contribution in [3.8, 4) is 0 Å². The first-order valence-electron chi connectivity index (χ1n) is 5.99. The lowest BCUT2D eigenvalue weighted by Crippen LogP contribution is -2.51. The number of hydrogen-bond acceptors (Lipinski definition) is 4. The molecular weight excluding hydrogens is 271 g/mol. The van der Waals surface area contributed by atoms with Gasteiger partial charge in [0, 0.05) is 12.3 Å². The predicted octanol–water partition coefficient (Wildman–Crippen LogP) is 1.26. The normalized spacial score (nSPS) is 24.3. The van der Waals surface area contributed by atoms with Gasteiger partial charge in [-0.05, 0) is 38.0 Å². The van der Waals surface area contributed by atoms with E-state index in [4.69, 9.17) is 10.5 Å². The first-order valence-corrected chi connectivity index (χ1v) is 7.47. The Balaban J connectivity index is 2.29. The molecule has 1 aliphatic rings. The molecule has 106 valence electrons. The van der Waals surface area contributed by atoms with Crippen molar-refractivity contribution in [3.63, 3.8) is 0 Å². The summed E-state index contributed by atoms with van der Waals surface area (Å²) in [5.41, 5.74) is 4.99. The van der Waals surface area contributed by atoms with Crippen LogP contribution in [0, 0.1) is 5.82 Å². The maximum atomic E-state index is 13.6. The minimum Gasteiger partial charge on any atom is -0.399 e. The highest BCUT2D eigenvalue weighted by atomic mass is 32.2. The van der Waals surface area contributed by atoms with Crippen LogP contribution in [0.5, 0.6) is 0 Å². The fourth-order valence-electron chi connectivity index (χ4n) is 2.12. The van der Waals surface area contributed by atoms with E-state index in [0.717, 1.165) is 18.6 Å². The second kappa shape index (κ2) is 5.07. The highest BCUT2D eigenvalue weighted by molar-refractivity contribution is 7.89. The molecule has 0 amide bonds. The number of rotatable bonds is 3. The first-order chi connectivity index (χ1) is 8.82. The SMILES string of the molecule is CC1(NS(=O)(=O)c2cc(N)ccc2F)CCCOC1. The molecule has 1 saturated heterocycles. The minimum absolute atomic E-state index is 0.201. The summed E-state index contributed by atoms with van der Waals surface area (Å²) in [6.45, 7) is 2.63. The van der Waals surface area contributed by atoms with Gasteiger partial charge >= 0.3 is 0 Å². The number of benzene rings is 1. The minimum atomic E-state index is -3.96. The van der Waals surface area contributed by atoms with Crippen molar-refractivity contribution in [2.75, 3.05) is 18.9 Å². The van der Waals surface area contributed by atoms with Gasteiger partial charge in [-0.1, -0.05) is 0 Å². The fourth-order valence-corrected chi connectivity index (χ4v) is 3.66. The van der Waals surface area contributed by atoms with E-state index >= 15 is 0 Å². The van der Waals surface area contributed by atoms with Gasteiger partial charge in [0.2, 0.25) is 10.0 Å². The zero-order valence-electron chi connectivity index (χ0n) is 10.6. The summed E-state index contributed by atoms with van der Waals surface area (Å²) in [4.78, 5) is -0.431. The van der Waals surface area contributed by atoms with Gasteiger partial charge in [0.25, 0.3) is 0 Å². The molecule has 19 heavy (non-hydrogen) atoms. The fraction of sp³-hybridized carbons (Fsp3) is 0.500. The lowest BCUT2D eigenvalue weighted by molar-refractivity contribution is 0.0386. The van der Waals surface area contributed by atoms with Crippen LogP contribution in [0.4, 0.5) is 10.1 Å². The van der Waals surface area contributed by atoms with Crippen molar-refractivity contribution in [2.24, 2.45) is 0 Å². The molecule has 1 heterocycles. The number of nitrogen functional groups attached to an aromatic ring is 1. The highest BCUT2D eigenvalue weighted by Gasteiger charge is 2.34. The molecule has 1 aromatic rings. The summed E-state index contributed by atoms with van der Waals surface area (Å²) in [6, 6.07) is 3.48. The van der Waals surface area contributed by atoms with Gasteiger partial charge in [0.05, 0.1) is 12.1 Å². The number of ether oxygens (including phenoxy) is 1. The van der Waals surface area contributed by atoms with E-state index in [1.54, 1.807) is 6.92 Å². The largest absolute Gasteiger partial charge is 0.399 e. The Bertz CT molecular complexity index is 568. The quantitative estimate of drug-likeness (QED) is 0.820. The molecule has 1 aliphatic heterocycles. The lowest BCUT2D eigenvalue weighted by Gasteiger charge is -2.33. The Labute approximate surface area is 112 Å². The lowest BCUT2D eigenvalue weighted by atomic mass is 9.97. The van der Waals surface area contributed by atoms with Gasteiger partial charge < -0.3 is 10.5 Å². The molecule has 0 aliphatic carbocycles. The maximum Gasteiger partial charge on any atom is 0.244 e. The molecule has 7 heteroatoms. The summed E-state index contributed by atoms with van der Waals surface area (Å²) in [5.74, 6) is -0.818. The van der Waals surface area contributed by atoms with Crippen LogP contribution < -0.4 is 10.5 Å². The monoisotopic (exact) mass is 288 g/mol. The van der Waals surface area contributed by atoms with Crippen molar-refractivity contribution < 1.29 is 17.5 Å². The maximum absolute atomic E-state index is 13.6. The third-order valence-corrected chi connectivity index (χ3v) is 4.72. The number of sulfonamides is 1. The molecular formula is C12H17FN2O3S. The summed E-state index contributed by atoms with van der Waals surface area (Å²) < 4.78 is 45.9. The van der Waals surface area contributed by atoms with Crippen molar-refractivity contribution >= 4 is 15.7 Å². The predicted molar refractivity (Wildman–Crippen MR) is 69.6 cm³/mol. The summed E-state index contributed by atoms with van der Waals surface area (Å²) in [7, 11) is -3.96. The van der Waals surface area contributed by atoms with E-state index in [9.17, 15) is 12.8 Å². The van der Waals surface area contributed by atoms with E-state index in [0.29, 0.717) is 13.0 Å². The topological polar surface area (TPSA) is 81.4 Å².